The number of rotatable bonds is 4. The second-order valence-corrected chi connectivity index (χ2v) is 7.44. The molecule has 4 aromatic rings. The summed E-state index contributed by atoms with van der Waals surface area (Å²) in [6.07, 6.45) is 6.25. The van der Waals surface area contributed by atoms with Gasteiger partial charge in [0, 0.05) is 19.8 Å². The maximum absolute atomic E-state index is 13.3. The van der Waals surface area contributed by atoms with Crippen LogP contribution in [0.3, 0.4) is 0 Å². The number of piperidine rings is 1. The third-order valence-electron chi connectivity index (χ3n) is 5.39. The molecule has 5 rings (SSSR count). The molecule has 1 aliphatic rings. The lowest BCUT2D eigenvalue weighted by atomic mass is 10.1. The molecule has 0 aliphatic carbocycles. The molecule has 1 amide bonds. The van der Waals surface area contributed by atoms with Crippen LogP contribution in [0.2, 0.25) is 0 Å². The van der Waals surface area contributed by atoms with Crippen molar-refractivity contribution >= 4 is 11.6 Å². The summed E-state index contributed by atoms with van der Waals surface area (Å²) in [4.78, 5) is 28.7. The highest BCUT2D eigenvalue weighted by Crippen LogP contribution is 2.23. The van der Waals surface area contributed by atoms with Gasteiger partial charge in [-0.2, -0.15) is 15.0 Å². The van der Waals surface area contributed by atoms with Crippen molar-refractivity contribution in [1.82, 2.24) is 34.1 Å². The number of hydrogen-bond acceptors (Lipinski definition) is 6. The monoisotopic (exact) mass is 419 g/mol. The molecule has 158 valence electrons. The molecule has 0 radical (unpaired) electrons. The van der Waals surface area contributed by atoms with Crippen molar-refractivity contribution in [2.24, 2.45) is 7.05 Å². The van der Waals surface area contributed by atoms with Crippen LogP contribution in [-0.4, -0.2) is 59.2 Å². The zero-order chi connectivity index (χ0) is 21.4. The number of likely N-dealkylation sites (tertiary alicyclic amines) is 1. The van der Waals surface area contributed by atoms with Crippen LogP contribution in [0.1, 0.15) is 23.2 Å². The van der Waals surface area contributed by atoms with Crippen LogP contribution in [0, 0.1) is 0 Å². The number of para-hydroxylation sites is 1. The first kappa shape index (κ1) is 19.0. The number of aromatic nitrogens is 6. The van der Waals surface area contributed by atoms with E-state index in [9.17, 15) is 9.59 Å². The molecule has 1 atom stereocenters. The van der Waals surface area contributed by atoms with Crippen molar-refractivity contribution in [3.05, 3.63) is 71.0 Å². The molecule has 1 fully saturated rings. The Morgan fingerprint density at radius 3 is 2.77 bits per heavy atom. The Morgan fingerprint density at radius 2 is 1.94 bits per heavy atom. The number of pyridine rings is 1. The van der Waals surface area contributed by atoms with Gasteiger partial charge in [0.1, 0.15) is 6.10 Å². The van der Waals surface area contributed by atoms with Crippen molar-refractivity contribution in [3.8, 4) is 11.4 Å². The molecule has 10 nitrogen and oxygen atoms in total. The molecule has 0 saturated carbocycles. The summed E-state index contributed by atoms with van der Waals surface area (Å²) in [5.41, 5.74) is 1.41. The SMILES string of the molecule is Cn1nc2c(OC3CCCN(C(=O)c4ccccc4-n4nccn4)C3)cccn2c1=O. The van der Waals surface area contributed by atoms with Gasteiger partial charge in [0.05, 0.1) is 30.2 Å². The Labute approximate surface area is 177 Å². The maximum atomic E-state index is 13.3. The molecule has 0 bridgehead atoms. The number of nitrogens with zero attached hydrogens (tertiary/aromatic N) is 7. The van der Waals surface area contributed by atoms with Crippen molar-refractivity contribution < 1.29 is 9.53 Å². The van der Waals surface area contributed by atoms with Crippen LogP contribution in [0.15, 0.2) is 59.8 Å². The van der Waals surface area contributed by atoms with E-state index in [1.54, 1.807) is 48.7 Å². The van der Waals surface area contributed by atoms with Gasteiger partial charge in [-0.25, -0.2) is 13.9 Å². The number of benzene rings is 1. The van der Waals surface area contributed by atoms with E-state index in [1.807, 2.05) is 18.2 Å². The Balaban J connectivity index is 1.38. The highest BCUT2D eigenvalue weighted by atomic mass is 16.5. The van der Waals surface area contributed by atoms with Gasteiger partial charge in [-0.1, -0.05) is 12.1 Å². The minimum atomic E-state index is -0.232. The fourth-order valence-corrected chi connectivity index (χ4v) is 3.90. The highest BCUT2D eigenvalue weighted by Gasteiger charge is 2.28. The van der Waals surface area contributed by atoms with Gasteiger partial charge < -0.3 is 9.64 Å². The van der Waals surface area contributed by atoms with Crippen LogP contribution >= 0.6 is 0 Å². The van der Waals surface area contributed by atoms with Crippen LogP contribution in [0.25, 0.3) is 11.3 Å². The van der Waals surface area contributed by atoms with Crippen molar-refractivity contribution in [2.45, 2.75) is 18.9 Å². The third-order valence-corrected chi connectivity index (χ3v) is 5.39. The first-order chi connectivity index (χ1) is 15.1. The molecule has 1 saturated heterocycles. The van der Waals surface area contributed by atoms with E-state index in [0.29, 0.717) is 35.7 Å². The topological polar surface area (TPSA) is 99.6 Å². The summed E-state index contributed by atoms with van der Waals surface area (Å²) < 4.78 is 8.93. The van der Waals surface area contributed by atoms with E-state index in [0.717, 1.165) is 12.8 Å². The molecule has 1 aromatic carbocycles. The molecule has 10 heteroatoms. The van der Waals surface area contributed by atoms with E-state index in [2.05, 4.69) is 15.3 Å². The molecule has 1 aliphatic heterocycles. The van der Waals surface area contributed by atoms with Gasteiger partial charge in [-0.15, -0.1) is 5.10 Å². The van der Waals surface area contributed by atoms with Crippen LogP contribution in [-0.2, 0) is 7.05 Å². The normalized spacial score (nSPS) is 16.5. The predicted molar refractivity (Wildman–Crippen MR) is 111 cm³/mol. The van der Waals surface area contributed by atoms with E-state index in [-0.39, 0.29) is 17.7 Å². The van der Waals surface area contributed by atoms with Gasteiger partial charge in [-0.3, -0.25) is 4.79 Å². The number of aryl methyl sites for hydroxylation is 1. The minimum Gasteiger partial charge on any atom is -0.485 e. The molecule has 4 heterocycles. The number of hydrogen-bond donors (Lipinski definition) is 0. The fourth-order valence-electron chi connectivity index (χ4n) is 3.90. The number of carbonyl (C=O) groups excluding carboxylic acids is 1. The first-order valence-corrected chi connectivity index (χ1v) is 10.1. The number of carbonyl (C=O) groups is 1. The summed E-state index contributed by atoms with van der Waals surface area (Å²) in [7, 11) is 1.60. The van der Waals surface area contributed by atoms with Crippen LogP contribution in [0.5, 0.6) is 5.75 Å². The number of fused-ring (bicyclic) bond motifs is 1. The van der Waals surface area contributed by atoms with E-state index >= 15 is 0 Å². The summed E-state index contributed by atoms with van der Waals surface area (Å²) in [5, 5.41) is 12.6. The molecular formula is C21H21N7O3. The smallest absolute Gasteiger partial charge is 0.350 e. The van der Waals surface area contributed by atoms with Crippen LogP contribution < -0.4 is 10.4 Å². The molecular weight excluding hydrogens is 398 g/mol. The molecule has 3 aromatic heterocycles. The largest absolute Gasteiger partial charge is 0.485 e. The average molecular weight is 419 g/mol. The van der Waals surface area contributed by atoms with Crippen molar-refractivity contribution in [2.75, 3.05) is 13.1 Å². The van der Waals surface area contributed by atoms with E-state index in [4.69, 9.17) is 4.74 Å². The van der Waals surface area contributed by atoms with Crippen LogP contribution in [0.4, 0.5) is 0 Å². The predicted octanol–water partition coefficient (Wildman–Crippen LogP) is 1.30. The Hall–Kier alpha value is -3.95. The van der Waals surface area contributed by atoms with E-state index < -0.39 is 0 Å². The quantitative estimate of drug-likeness (QED) is 0.494. The number of amides is 1. The summed E-state index contributed by atoms with van der Waals surface area (Å²) in [6, 6.07) is 10.8. The Kier molecular flexibility index (Phi) is 4.73. The molecule has 0 spiro atoms. The van der Waals surface area contributed by atoms with Crippen molar-refractivity contribution in [3.63, 3.8) is 0 Å². The van der Waals surface area contributed by atoms with Gasteiger partial charge in [0.25, 0.3) is 5.91 Å². The summed E-state index contributed by atoms with van der Waals surface area (Å²) in [5.74, 6) is 0.439. The zero-order valence-corrected chi connectivity index (χ0v) is 17.0. The van der Waals surface area contributed by atoms with E-state index in [1.165, 1.54) is 13.9 Å². The zero-order valence-electron chi connectivity index (χ0n) is 17.0. The summed E-state index contributed by atoms with van der Waals surface area (Å²) >= 11 is 0. The minimum absolute atomic E-state index is 0.0894. The molecule has 0 N–H and O–H groups in total. The first-order valence-electron chi connectivity index (χ1n) is 10.1. The standard InChI is InChI=1S/C21H21N7O3/c1-25-21(30)27-13-5-9-18(19(27)24-25)31-15-6-4-12-26(14-15)20(29)16-7-2-3-8-17(16)28-22-10-11-23-28/h2-3,5,7-11,13,15H,4,6,12,14H2,1H3. The second kappa shape index (κ2) is 7.71. The maximum Gasteiger partial charge on any atom is 0.350 e. The Bertz CT molecular complexity index is 1290. The van der Waals surface area contributed by atoms with Gasteiger partial charge in [-0.05, 0) is 37.1 Å². The highest BCUT2D eigenvalue weighted by molar-refractivity contribution is 5.97. The third kappa shape index (κ3) is 3.45. The fraction of sp³-hybridized carbons (Fsp3) is 0.286. The summed E-state index contributed by atoms with van der Waals surface area (Å²) in [6.45, 7) is 1.09. The average Bonchev–Trinajstić information content (AvgIpc) is 3.43. The second-order valence-electron chi connectivity index (χ2n) is 7.44. The Morgan fingerprint density at radius 1 is 1.13 bits per heavy atom. The van der Waals surface area contributed by atoms with Gasteiger partial charge in [0.2, 0.25) is 5.65 Å². The number of ether oxygens (including phenoxy) is 1. The molecule has 31 heavy (non-hydrogen) atoms. The van der Waals surface area contributed by atoms with Crippen molar-refractivity contribution in [1.29, 1.82) is 0 Å². The molecule has 1 unspecified atom stereocenters. The van der Waals surface area contributed by atoms with Gasteiger partial charge >= 0.3 is 5.69 Å². The lowest BCUT2D eigenvalue weighted by Gasteiger charge is -2.33. The lowest BCUT2D eigenvalue weighted by Crippen LogP contribution is -2.44. The lowest BCUT2D eigenvalue weighted by molar-refractivity contribution is 0.0539. The van der Waals surface area contributed by atoms with Gasteiger partial charge in [0.15, 0.2) is 5.75 Å².